The Kier molecular flexibility index (Phi) is 7.21. The van der Waals surface area contributed by atoms with Gasteiger partial charge in [-0.2, -0.15) is 0 Å². The average Bonchev–Trinajstić information content (AvgIpc) is 2.73. The van der Waals surface area contributed by atoms with E-state index >= 15 is 0 Å². The second-order valence-electron chi connectivity index (χ2n) is 7.51. The highest BCUT2D eigenvalue weighted by Gasteiger charge is 2.24. The minimum atomic E-state index is -0.229. The van der Waals surface area contributed by atoms with E-state index in [-0.39, 0.29) is 17.9 Å². The van der Waals surface area contributed by atoms with Crippen LogP contribution in [-0.4, -0.2) is 49.0 Å². The summed E-state index contributed by atoms with van der Waals surface area (Å²) in [6, 6.07) is 12.6. The zero-order valence-corrected chi connectivity index (χ0v) is 18.4. The van der Waals surface area contributed by atoms with Gasteiger partial charge < -0.3 is 19.9 Å². The molecule has 0 bridgehead atoms. The molecule has 0 spiro atoms. The number of piperazine rings is 1. The molecule has 30 heavy (non-hydrogen) atoms. The Hall–Kier alpha value is -2.73. The van der Waals surface area contributed by atoms with E-state index in [4.69, 9.17) is 16.3 Å². The monoisotopic (exact) mass is 429 g/mol. The zero-order valence-electron chi connectivity index (χ0n) is 17.7. The van der Waals surface area contributed by atoms with Gasteiger partial charge in [0.2, 0.25) is 5.91 Å². The molecule has 160 valence electrons. The lowest BCUT2D eigenvalue weighted by atomic mass is 10.1. The fourth-order valence-corrected chi connectivity index (χ4v) is 3.81. The van der Waals surface area contributed by atoms with Gasteiger partial charge in [0, 0.05) is 38.2 Å². The van der Waals surface area contributed by atoms with E-state index < -0.39 is 0 Å². The normalized spacial score (nSPS) is 14.0. The predicted molar refractivity (Wildman–Crippen MR) is 121 cm³/mol. The molecule has 2 aromatic rings. The molecule has 1 fully saturated rings. The molecule has 1 aliphatic heterocycles. The molecule has 0 radical (unpaired) electrons. The molecule has 7 heteroatoms. The van der Waals surface area contributed by atoms with Crippen LogP contribution in [0, 0.1) is 0 Å². The van der Waals surface area contributed by atoms with Crippen LogP contribution in [0.3, 0.4) is 0 Å². The molecule has 1 saturated heterocycles. The third kappa shape index (κ3) is 5.25. The summed E-state index contributed by atoms with van der Waals surface area (Å²) in [5, 5.41) is 3.56. The first-order valence-corrected chi connectivity index (χ1v) is 10.7. The van der Waals surface area contributed by atoms with E-state index in [2.05, 4.69) is 10.2 Å². The van der Waals surface area contributed by atoms with Crippen molar-refractivity contribution < 1.29 is 14.3 Å². The smallest absolute Gasteiger partial charge is 0.255 e. The number of para-hydroxylation sites is 1. The van der Waals surface area contributed by atoms with Gasteiger partial charge in [-0.05, 0) is 44.2 Å². The van der Waals surface area contributed by atoms with Gasteiger partial charge in [0.1, 0.15) is 5.75 Å². The highest BCUT2D eigenvalue weighted by molar-refractivity contribution is 6.34. The lowest BCUT2D eigenvalue weighted by molar-refractivity contribution is -0.131. The first-order valence-electron chi connectivity index (χ1n) is 10.3. The van der Waals surface area contributed by atoms with Crippen molar-refractivity contribution in [2.24, 2.45) is 0 Å². The summed E-state index contributed by atoms with van der Waals surface area (Å²) in [6.45, 7) is 8.36. The summed E-state index contributed by atoms with van der Waals surface area (Å²) in [6.07, 6.45) is 0.536. The SMILES string of the molecule is CCC(=O)N1CCN(c2c(Cl)cccc2NC(=O)c2cccc(OC(C)C)c2)CC1. The maximum absolute atomic E-state index is 12.9. The summed E-state index contributed by atoms with van der Waals surface area (Å²) in [5.41, 5.74) is 1.95. The topological polar surface area (TPSA) is 61.9 Å². The van der Waals surface area contributed by atoms with Gasteiger partial charge in [-0.3, -0.25) is 9.59 Å². The van der Waals surface area contributed by atoms with Gasteiger partial charge in [-0.1, -0.05) is 30.7 Å². The summed E-state index contributed by atoms with van der Waals surface area (Å²) >= 11 is 6.51. The van der Waals surface area contributed by atoms with Crippen LogP contribution in [-0.2, 0) is 4.79 Å². The average molecular weight is 430 g/mol. The molecule has 0 aromatic heterocycles. The lowest BCUT2D eigenvalue weighted by Crippen LogP contribution is -2.48. The zero-order chi connectivity index (χ0) is 21.7. The standard InChI is InChI=1S/C23H28ClN3O3/c1-4-21(28)26-11-13-27(14-12-26)22-19(24)9-6-10-20(22)25-23(29)17-7-5-8-18(15-17)30-16(2)3/h5-10,15-16H,4,11-14H2,1-3H3,(H,25,29). The molecule has 0 saturated carbocycles. The van der Waals surface area contributed by atoms with Gasteiger partial charge in [0.05, 0.1) is 22.5 Å². The molecule has 3 rings (SSSR count). The first kappa shape index (κ1) is 22.0. The molecule has 1 aliphatic rings. The Bertz CT molecular complexity index is 908. The number of hydrogen-bond donors (Lipinski definition) is 1. The molecular formula is C23H28ClN3O3. The highest BCUT2D eigenvalue weighted by Crippen LogP contribution is 2.35. The molecule has 6 nitrogen and oxygen atoms in total. The Morgan fingerprint density at radius 1 is 1.10 bits per heavy atom. The van der Waals surface area contributed by atoms with E-state index in [1.165, 1.54) is 0 Å². The van der Waals surface area contributed by atoms with E-state index in [9.17, 15) is 9.59 Å². The maximum Gasteiger partial charge on any atom is 0.255 e. The molecule has 1 heterocycles. The summed E-state index contributed by atoms with van der Waals surface area (Å²) in [7, 11) is 0. The number of anilines is 2. The van der Waals surface area contributed by atoms with Crippen molar-refractivity contribution in [3.63, 3.8) is 0 Å². The second kappa shape index (κ2) is 9.85. The van der Waals surface area contributed by atoms with Crippen LogP contribution in [0.4, 0.5) is 11.4 Å². The van der Waals surface area contributed by atoms with Crippen LogP contribution >= 0.6 is 11.6 Å². The van der Waals surface area contributed by atoms with Crippen molar-refractivity contribution in [1.29, 1.82) is 0 Å². The van der Waals surface area contributed by atoms with Crippen molar-refractivity contribution in [3.8, 4) is 5.75 Å². The van der Waals surface area contributed by atoms with E-state index in [1.54, 1.807) is 18.2 Å². The summed E-state index contributed by atoms with van der Waals surface area (Å²) < 4.78 is 5.69. The van der Waals surface area contributed by atoms with Crippen molar-refractivity contribution in [1.82, 2.24) is 4.90 Å². The number of nitrogens with zero attached hydrogens (tertiary/aromatic N) is 2. The minimum Gasteiger partial charge on any atom is -0.491 e. The molecule has 0 unspecified atom stereocenters. The lowest BCUT2D eigenvalue weighted by Gasteiger charge is -2.37. The highest BCUT2D eigenvalue weighted by atomic mass is 35.5. The number of amides is 2. The number of benzene rings is 2. The van der Waals surface area contributed by atoms with Gasteiger partial charge in [0.15, 0.2) is 0 Å². The van der Waals surface area contributed by atoms with Crippen LogP contribution in [0.2, 0.25) is 5.02 Å². The van der Waals surface area contributed by atoms with Gasteiger partial charge >= 0.3 is 0 Å². The quantitative estimate of drug-likeness (QED) is 0.737. The Balaban J connectivity index is 1.77. The Morgan fingerprint density at radius 2 is 1.80 bits per heavy atom. The van der Waals surface area contributed by atoms with E-state index in [0.717, 1.165) is 5.69 Å². The van der Waals surface area contributed by atoms with Crippen molar-refractivity contribution >= 4 is 34.8 Å². The fraction of sp³-hybridized carbons (Fsp3) is 0.391. The van der Waals surface area contributed by atoms with Crippen LogP contribution < -0.4 is 15.0 Å². The third-order valence-electron chi connectivity index (χ3n) is 4.95. The summed E-state index contributed by atoms with van der Waals surface area (Å²) in [5.74, 6) is 0.582. The number of rotatable bonds is 6. The number of carbonyl (C=O) groups is 2. The van der Waals surface area contributed by atoms with Gasteiger partial charge in [-0.15, -0.1) is 0 Å². The largest absolute Gasteiger partial charge is 0.491 e. The number of ether oxygens (including phenoxy) is 1. The molecule has 1 N–H and O–H groups in total. The predicted octanol–water partition coefficient (Wildman–Crippen LogP) is 4.44. The Labute approximate surface area is 182 Å². The maximum atomic E-state index is 12.9. The van der Waals surface area contributed by atoms with E-state index in [0.29, 0.717) is 54.6 Å². The number of nitrogens with one attached hydrogen (secondary N) is 1. The van der Waals surface area contributed by atoms with E-state index in [1.807, 2.05) is 49.9 Å². The summed E-state index contributed by atoms with van der Waals surface area (Å²) in [4.78, 5) is 28.8. The molecule has 0 atom stereocenters. The Morgan fingerprint density at radius 3 is 2.47 bits per heavy atom. The van der Waals surface area contributed by atoms with Crippen LogP contribution in [0.15, 0.2) is 42.5 Å². The van der Waals surface area contributed by atoms with Crippen LogP contribution in [0.1, 0.15) is 37.6 Å². The second-order valence-corrected chi connectivity index (χ2v) is 7.91. The number of hydrogen-bond acceptors (Lipinski definition) is 4. The molecule has 2 amide bonds. The van der Waals surface area contributed by atoms with Crippen molar-refractivity contribution in [2.75, 3.05) is 36.4 Å². The van der Waals surface area contributed by atoms with Crippen LogP contribution in [0.25, 0.3) is 0 Å². The molecule has 2 aromatic carbocycles. The number of carbonyl (C=O) groups excluding carboxylic acids is 2. The third-order valence-corrected chi connectivity index (χ3v) is 5.26. The minimum absolute atomic E-state index is 0.0288. The van der Waals surface area contributed by atoms with Gasteiger partial charge in [-0.25, -0.2) is 0 Å². The van der Waals surface area contributed by atoms with Gasteiger partial charge in [0.25, 0.3) is 5.91 Å². The van der Waals surface area contributed by atoms with Crippen molar-refractivity contribution in [2.45, 2.75) is 33.3 Å². The fourth-order valence-electron chi connectivity index (χ4n) is 3.52. The van der Waals surface area contributed by atoms with Crippen molar-refractivity contribution in [3.05, 3.63) is 53.1 Å². The van der Waals surface area contributed by atoms with Crippen LogP contribution in [0.5, 0.6) is 5.75 Å². The molecular weight excluding hydrogens is 402 g/mol. The number of halogens is 1. The first-order chi connectivity index (χ1) is 14.4. The molecule has 0 aliphatic carbocycles.